The average Bonchev–Trinajstić information content (AvgIpc) is 2.64. The second-order valence-corrected chi connectivity index (χ2v) is 7.04. The Morgan fingerprint density at radius 1 is 1.04 bits per heavy atom. The third-order valence-electron chi connectivity index (χ3n) is 5.14. The maximum Gasteiger partial charge on any atom is 0.223 e. The number of hydrogen-bond donors (Lipinski definition) is 2. The van der Waals surface area contributed by atoms with Crippen LogP contribution in [0.4, 0.5) is 5.95 Å². The van der Waals surface area contributed by atoms with Crippen LogP contribution in [-0.2, 0) is 0 Å². The molecule has 4 heteroatoms. The van der Waals surface area contributed by atoms with Gasteiger partial charge < -0.3 is 11.1 Å². The summed E-state index contributed by atoms with van der Waals surface area (Å²) in [6, 6.07) is 15.6. The molecule has 0 spiro atoms. The summed E-state index contributed by atoms with van der Waals surface area (Å²) >= 11 is 0. The number of aromatic nitrogens is 2. The van der Waals surface area contributed by atoms with Crippen LogP contribution < -0.4 is 11.1 Å². The van der Waals surface area contributed by atoms with Crippen LogP contribution in [0.1, 0.15) is 31.2 Å². The molecule has 0 amide bonds. The summed E-state index contributed by atoms with van der Waals surface area (Å²) in [6.07, 6.45) is 6.25. The lowest BCUT2D eigenvalue weighted by molar-refractivity contribution is 0.410. The van der Waals surface area contributed by atoms with Crippen LogP contribution in [-0.4, -0.2) is 22.1 Å². The van der Waals surface area contributed by atoms with Crippen LogP contribution in [0.3, 0.4) is 0 Å². The largest absolute Gasteiger partial charge is 0.351 e. The van der Waals surface area contributed by atoms with Crippen molar-refractivity contribution in [2.24, 2.45) is 5.73 Å². The number of anilines is 1. The van der Waals surface area contributed by atoms with Gasteiger partial charge in [0.15, 0.2) is 0 Å². The van der Waals surface area contributed by atoms with Crippen molar-refractivity contribution in [2.45, 2.75) is 44.7 Å². The number of nitrogens with two attached hydrogens (primary N) is 1. The van der Waals surface area contributed by atoms with Gasteiger partial charge in [0, 0.05) is 23.7 Å². The van der Waals surface area contributed by atoms with Crippen molar-refractivity contribution < 1.29 is 0 Å². The average molecular weight is 332 g/mol. The Kier molecular flexibility index (Phi) is 4.36. The van der Waals surface area contributed by atoms with E-state index in [1.165, 1.54) is 16.7 Å². The number of hydrogen-bond acceptors (Lipinski definition) is 4. The van der Waals surface area contributed by atoms with Crippen molar-refractivity contribution in [1.29, 1.82) is 0 Å². The molecule has 4 rings (SSSR count). The molecule has 1 aromatic heterocycles. The van der Waals surface area contributed by atoms with Crippen molar-refractivity contribution >= 4 is 16.9 Å². The fourth-order valence-electron chi connectivity index (χ4n) is 3.61. The van der Waals surface area contributed by atoms with E-state index in [1.807, 2.05) is 6.20 Å². The highest BCUT2D eigenvalue weighted by Crippen LogP contribution is 2.27. The molecule has 1 saturated carbocycles. The number of nitrogens with one attached hydrogen (secondary N) is 1. The van der Waals surface area contributed by atoms with E-state index in [-0.39, 0.29) is 0 Å². The highest BCUT2D eigenvalue weighted by Gasteiger charge is 2.19. The van der Waals surface area contributed by atoms with Gasteiger partial charge in [-0.25, -0.2) is 9.97 Å². The molecule has 3 aromatic rings. The normalized spacial score (nSPS) is 20.6. The first kappa shape index (κ1) is 16.0. The van der Waals surface area contributed by atoms with Crippen molar-refractivity contribution in [2.75, 3.05) is 5.32 Å². The zero-order chi connectivity index (χ0) is 17.2. The molecule has 4 nitrogen and oxygen atoms in total. The number of aryl methyl sites for hydroxylation is 1. The molecule has 0 radical (unpaired) electrons. The monoisotopic (exact) mass is 332 g/mol. The highest BCUT2D eigenvalue weighted by molar-refractivity contribution is 5.85. The first-order valence-corrected chi connectivity index (χ1v) is 9.04. The van der Waals surface area contributed by atoms with Crippen LogP contribution in [0.25, 0.3) is 22.0 Å². The predicted molar refractivity (Wildman–Crippen MR) is 104 cm³/mol. The van der Waals surface area contributed by atoms with E-state index in [0.717, 1.165) is 42.5 Å². The summed E-state index contributed by atoms with van der Waals surface area (Å²) < 4.78 is 0. The van der Waals surface area contributed by atoms with Crippen molar-refractivity contribution in [3.63, 3.8) is 0 Å². The number of nitrogens with zero attached hydrogens (tertiary/aromatic N) is 2. The first-order valence-electron chi connectivity index (χ1n) is 9.04. The molecule has 25 heavy (non-hydrogen) atoms. The minimum Gasteiger partial charge on any atom is -0.351 e. The maximum absolute atomic E-state index is 5.98. The summed E-state index contributed by atoms with van der Waals surface area (Å²) in [5, 5.41) is 4.54. The van der Waals surface area contributed by atoms with E-state index in [2.05, 4.69) is 59.7 Å². The fourth-order valence-corrected chi connectivity index (χ4v) is 3.61. The lowest BCUT2D eigenvalue weighted by Gasteiger charge is -2.26. The molecule has 3 N–H and O–H groups in total. The van der Waals surface area contributed by atoms with E-state index in [0.29, 0.717) is 12.1 Å². The number of rotatable bonds is 3. The zero-order valence-electron chi connectivity index (χ0n) is 14.6. The lowest BCUT2D eigenvalue weighted by atomic mass is 9.92. The molecular formula is C21H24N4. The molecular weight excluding hydrogens is 308 g/mol. The zero-order valence-corrected chi connectivity index (χ0v) is 14.6. The molecule has 2 aromatic carbocycles. The molecule has 0 unspecified atom stereocenters. The Morgan fingerprint density at radius 2 is 1.84 bits per heavy atom. The molecule has 0 saturated heterocycles. The van der Waals surface area contributed by atoms with E-state index in [9.17, 15) is 0 Å². The van der Waals surface area contributed by atoms with Gasteiger partial charge in [-0.3, -0.25) is 0 Å². The van der Waals surface area contributed by atoms with Crippen LogP contribution in [0.5, 0.6) is 0 Å². The summed E-state index contributed by atoms with van der Waals surface area (Å²) in [6.45, 7) is 2.14. The smallest absolute Gasteiger partial charge is 0.223 e. The molecule has 128 valence electrons. The van der Waals surface area contributed by atoms with Crippen LogP contribution in [0.2, 0.25) is 0 Å². The fraction of sp³-hybridized carbons (Fsp3) is 0.333. The Morgan fingerprint density at radius 3 is 2.64 bits per heavy atom. The molecule has 1 fully saturated rings. The molecule has 1 aliphatic rings. The van der Waals surface area contributed by atoms with Gasteiger partial charge in [-0.05, 0) is 61.4 Å². The number of benzene rings is 2. The Hall–Kier alpha value is -2.46. The minimum atomic E-state index is 0.357. The van der Waals surface area contributed by atoms with Crippen LogP contribution in [0.15, 0.2) is 48.7 Å². The van der Waals surface area contributed by atoms with Crippen molar-refractivity contribution in [3.8, 4) is 11.1 Å². The topological polar surface area (TPSA) is 63.8 Å². The Labute approximate surface area is 148 Å². The molecule has 0 bridgehead atoms. The lowest BCUT2D eigenvalue weighted by Crippen LogP contribution is -2.33. The van der Waals surface area contributed by atoms with Gasteiger partial charge in [0.2, 0.25) is 5.95 Å². The van der Waals surface area contributed by atoms with Crippen LogP contribution >= 0.6 is 0 Å². The van der Waals surface area contributed by atoms with Crippen LogP contribution in [0, 0.1) is 6.92 Å². The third-order valence-corrected chi connectivity index (χ3v) is 5.14. The number of fused-ring (bicyclic) bond motifs is 1. The molecule has 1 aliphatic carbocycles. The highest BCUT2D eigenvalue weighted by atomic mass is 15.1. The summed E-state index contributed by atoms with van der Waals surface area (Å²) in [5.74, 6) is 0.719. The van der Waals surface area contributed by atoms with Crippen molar-refractivity contribution in [1.82, 2.24) is 9.97 Å². The molecule has 0 aliphatic heterocycles. The molecule has 0 atom stereocenters. The third kappa shape index (κ3) is 3.49. The Balaban J connectivity index is 1.58. The van der Waals surface area contributed by atoms with Gasteiger partial charge in [0.05, 0.1) is 5.52 Å². The standard InChI is InChI=1S/C21H24N4/c1-14-4-2-3-5-19(14)15-6-11-20-16(12-15)13-23-21(25-20)24-18-9-7-17(22)8-10-18/h2-6,11-13,17-18H,7-10,22H2,1H3,(H,23,24,25). The summed E-state index contributed by atoms with van der Waals surface area (Å²) in [5.41, 5.74) is 10.7. The maximum atomic E-state index is 5.98. The van der Waals surface area contributed by atoms with Gasteiger partial charge in [-0.1, -0.05) is 30.3 Å². The predicted octanol–water partition coefficient (Wildman–Crippen LogP) is 4.29. The minimum absolute atomic E-state index is 0.357. The second kappa shape index (κ2) is 6.81. The summed E-state index contributed by atoms with van der Waals surface area (Å²) in [7, 11) is 0. The first-order chi connectivity index (χ1) is 12.2. The molecule has 1 heterocycles. The summed E-state index contributed by atoms with van der Waals surface area (Å²) in [4.78, 5) is 9.22. The van der Waals surface area contributed by atoms with Gasteiger partial charge in [0.1, 0.15) is 0 Å². The quantitative estimate of drug-likeness (QED) is 0.751. The van der Waals surface area contributed by atoms with E-state index in [4.69, 9.17) is 10.7 Å². The van der Waals surface area contributed by atoms with Crippen molar-refractivity contribution in [3.05, 3.63) is 54.2 Å². The van der Waals surface area contributed by atoms with Gasteiger partial charge in [-0.2, -0.15) is 0 Å². The van der Waals surface area contributed by atoms with Gasteiger partial charge in [0.25, 0.3) is 0 Å². The van der Waals surface area contributed by atoms with Gasteiger partial charge >= 0.3 is 0 Å². The van der Waals surface area contributed by atoms with E-state index in [1.54, 1.807) is 0 Å². The van der Waals surface area contributed by atoms with E-state index < -0.39 is 0 Å². The SMILES string of the molecule is Cc1ccccc1-c1ccc2nc(NC3CCC(N)CC3)ncc2c1. The second-order valence-electron chi connectivity index (χ2n) is 7.04. The van der Waals surface area contributed by atoms with E-state index >= 15 is 0 Å². The Bertz CT molecular complexity index is 882. The van der Waals surface area contributed by atoms with Gasteiger partial charge in [-0.15, -0.1) is 0 Å².